The molecule has 27 heavy (non-hydrogen) atoms. The van der Waals surface area contributed by atoms with E-state index < -0.39 is 18.7 Å². The van der Waals surface area contributed by atoms with Crippen molar-refractivity contribution in [2.24, 2.45) is 0 Å². The van der Waals surface area contributed by atoms with Crippen molar-refractivity contribution in [2.75, 3.05) is 7.11 Å². The number of hydrogen-bond acceptors (Lipinski definition) is 2. The van der Waals surface area contributed by atoms with Crippen LogP contribution in [-0.4, -0.2) is 13.1 Å². The summed E-state index contributed by atoms with van der Waals surface area (Å²) in [5.74, 6) is -0.626. The second kappa shape index (κ2) is 23.5. The molecule has 0 aliphatic rings. The number of rotatable bonds is 22. The smallest absolute Gasteiger partial charge is 0.305 e. The number of unbranched alkanes of at least 4 members (excludes halogenated alkanes) is 16. The minimum absolute atomic E-state index is 0.256. The van der Waals surface area contributed by atoms with Gasteiger partial charge >= 0.3 is 5.97 Å². The molecule has 2 nitrogen and oxygen atoms in total. The van der Waals surface area contributed by atoms with Crippen molar-refractivity contribution in [1.82, 2.24) is 0 Å². The van der Waals surface area contributed by atoms with E-state index in [1.165, 1.54) is 97.0 Å². The molecular weight excluding hydrogens is 332 g/mol. The molecule has 0 fully saturated rings. The largest absolute Gasteiger partial charge is 0.469 e. The summed E-state index contributed by atoms with van der Waals surface area (Å²) in [6.45, 7) is 2.27. The van der Waals surface area contributed by atoms with Crippen LogP contribution < -0.4 is 0 Å². The number of carbonyl (C=O) groups is 1. The number of hydrogen-bond donors (Lipinski definition) is 0. The fourth-order valence-electron chi connectivity index (χ4n) is 3.39. The van der Waals surface area contributed by atoms with Crippen LogP contribution in [0.1, 0.15) is 154 Å². The minimum Gasteiger partial charge on any atom is -0.469 e. The zero-order chi connectivity index (χ0) is 23.4. The van der Waals surface area contributed by atoms with E-state index >= 15 is 0 Å². The monoisotopic (exact) mass is 386 g/mol. The van der Waals surface area contributed by atoms with Crippen molar-refractivity contribution in [1.29, 1.82) is 0 Å². The van der Waals surface area contributed by atoms with Crippen LogP contribution in [0.3, 0.4) is 0 Å². The standard InChI is InChI=1S/C25H50O2/c1-3-4-5-6-7-8-9-10-11-12-13-14-15-16-17-18-19-20-21-22-23-24-25(26)27-2/h3-24H2,1-2H3/i21D2,23D2. The fraction of sp³-hybridized carbons (Fsp3) is 0.960. The molecular formula is C25H50O2. The van der Waals surface area contributed by atoms with Gasteiger partial charge in [-0.15, -0.1) is 0 Å². The molecule has 0 aromatic rings. The van der Waals surface area contributed by atoms with Crippen molar-refractivity contribution in [3.63, 3.8) is 0 Å². The summed E-state index contributed by atoms with van der Waals surface area (Å²) in [7, 11) is 1.23. The molecule has 0 spiro atoms. The average Bonchev–Trinajstić information content (AvgIpc) is 2.68. The van der Waals surface area contributed by atoms with Crippen LogP contribution in [-0.2, 0) is 9.53 Å². The second-order valence-corrected chi connectivity index (χ2v) is 7.84. The van der Waals surface area contributed by atoms with E-state index in [0.29, 0.717) is 6.42 Å². The zero-order valence-corrected chi connectivity index (χ0v) is 18.5. The quantitative estimate of drug-likeness (QED) is 0.137. The van der Waals surface area contributed by atoms with Gasteiger partial charge in [0.25, 0.3) is 0 Å². The Morgan fingerprint density at radius 1 is 0.593 bits per heavy atom. The molecule has 0 unspecified atom stereocenters. The van der Waals surface area contributed by atoms with Crippen LogP contribution >= 0.6 is 0 Å². The summed E-state index contributed by atoms with van der Waals surface area (Å²) in [6.07, 6.45) is 18.3. The van der Waals surface area contributed by atoms with Gasteiger partial charge in [-0.25, -0.2) is 0 Å². The van der Waals surface area contributed by atoms with Crippen molar-refractivity contribution < 1.29 is 15.0 Å². The number of carbonyl (C=O) groups excluding carboxylic acids is 1. The van der Waals surface area contributed by atoms with Crippen LogP contribution in [0, 0.1) is 0 Å². The first kappa shape index (κ1) is 19.8. The predicted octanol–water partition coefficient (Wildman–Crippen LogP) is 8.76. The van der Waals surface area contributed by atoms with Crippen LogP contribution in [0.2, 0.25) is 0 Å². The van der Waals surface area contributed by atoms with Crippen molar-refractivity contribution in [3.05, 3.63) is 0 Å². The van der Waals surface area contributed by atoms with Gasteiger partial charge in [0.2, 0.25) is 0 Å². The molecule has 0 N–H and O–H groups in total. The van der Waals surface area contributed by atoms with Crippen molar-refractivity contribution in [2.45, 2.75) is 148 Å². The maximum atomic E-state index is 11.3. The molecule has 0 aliphatic heterocycles. The first-order valence-electron chi connectivity index (χ1n) is 13.8. The summed E-state index contributed by atoms with van der Waals surface area (Å²) in [6, 6.07) is 0. The molecule has 0 amide bonds. The number of methoxy groups -OCH3 is 1. The second-order valence-electron chi connectivity index (χ2n) is 7.84. The molecule has 0 atom stereocenters. The predicted molar refractivity (Wildman–Crippen MR) is 119 cm³/mol. The molecule has 162 valence electrons. The lowest BCUT2D eigenvalue weighted by atomic mass is 10.0. The van der Waals surface area contributed by atoms with Gasteiger partial charge in [0.05, 0.1) is 7.11 Å². The van der Waals surface area contributed by atoms with Gasteiger partial charge in [-0.2, -0.15) is 0 Å². The summed E-state index contributed by atoms with van der Waals surface area (Å²) in [5.41, 5.74) is 0. The van der Waals surface area contributed by atoms with E-state index in [1.807, 2.05) is 0 Å². The number of ether oxygens (including phenoxy) is 1. The molecule has 0 aromatic carbocycles. The molecule has 0 heterocycles. The van der Waals surface area contributed by atoms with Gasteiger partial charge < -0.3 is 4.74 Å². The SMILES string of the molecule is [2H]C([2H])(CCCCCCCCCCCCCCCCCCC)CC([2H])([2H])CC(=O)OC. The molecule has 0 saturated carbocycles. The maximum absolute atomic E-state index is 11.3. The Kier molecular flexibility index (Phi) is 17.2. The minimum atomic E-state index is -1.86. The highest BCUT2D eigenvalue weighted by Gasteiger charge is 1.99. The van der Waals surface area contributed by atoms with E-state index in [1.54, 1.807) is 0 Å². The summed E-state index contributed by atoms with van der Waals surface area (Å²) in [5, 5.41) is 0. The fourth-order valence-corrected chi connectivity index (χ4v) is 3.39. The Bertz CT molecular complexity index is 428. The lowest BCUT2D eigenvalue weighted by Gasteiger charge is -2.04. The van der Waals surface area contributed by atoms with E-state index in [-0.39, 0.29) is 12.8 Å². The lowest BCUT2D eigenvalue weighted by molar-refractivity contribution is -0.140. The molecule has 0 bridgehead atoms. The third-order valence-corrected chi connectivity index (χ3v) is 5.20. The molecule has 2 heteroatoms. The van der Waals surface area contributed by atoms with E-state index in [0.717, 1.165) is 19.3 Å². The van der Waals surface area contributed by atoms with E-state index in [9.17, 15) is 4.79 Å². The molecule has 0 rings (SSSR count). The van der Waals surface area contributed by atoms with Gasteiger partial charge in [0.1, 0.15) is 0 Å². The Balaban J connectivity index is 3.48. The first-order valence-corrected chi connectivity index (χ1v) is 11.8. The summed E-state index contributed by atoms with van der Waals surface area (Å²) < 4.78 is 36.3. The highest BCUT2D eigenvalue weighted by atomic mass is 16.5. The normalized spacial score (nSPS) is 14.3. The molecule has 0 aliphatic carbocycles. The van der Waals surface area contributed by atoms with E-state index in [2.05, 4.69) is 11.7 Å². The molecule has 0 aromatic heterocycles. The highest BCUT2D eigenvalue weighted by Crippen LogP contribution is 2.15. The lowest BCUT2D eigenvalue weighted by Crippen LogP contribution is -1.99. The maximum Gasteiger partial charge on any atom is 0.305 e. The van der Waals surface area contributed by atoms with Crippen molar-refractivity contribution >= 4 is 5.97 Å². The summed E-state index contributed by atoms with van der Waals surface area (Å²) >= 11 is 0. The van der Waals surface area contributed by atoms with Crippen LogP contribution in [0.4, 0.5) is 0 Å². The van der Waals surface area contributed by atoms with Crippen LogP contribution in [0.25, 0.3) is 0 Å². The first-order chi connectivity index (χ1) is 14.7. The highest BCUT2D eigenvalue weighted by molar-refractivity contribution is 5.68. The Labute approximate surface area is 176 Å². The van der Waals surface area contributed by atoms with Crippen LogP contribution in [0.15, 0.2) is 0 Å². The van der Waals surface area contributed by atoms with Gasteiger partial charge in [-0.3, -0.25) is 4.79 Å². The van der Waals surface area contributed by atoms with Crippen LogP contribution in [0.5, 0.6) is 0 Å². The topological polar surface area (TPSA) is 26.3 Å². The van der Waals surface area contributed by atoms with Gasteiger partial charge in [-0.1, -0.05) is 135 Å². The third-order valence-electron chi connectivity index (χ3n) is 5.20. The average molecular weight is 387 g/mol. The van der Waals surface area contributed by atoms with Gasteiger partial charge in [-0.05, 0) is 6.37 Å². The number of esters is 1. The Morgan fingerprint density at radius 3 is 1.33 bits per heavy atom. The van der Waals surface area contributed by atoms with E-state index in [4.69, 9.17) is 5.48 Å². The molecule has 0 radical (unpaired) electrons. The summed E-state index contributed by atoms with van der Waals surface area (Å²) in [4.78, 5) is 11.3. The van der Waals surface area contributed by atoms with Gasteiger partial charge in [0, 0.05) is 11.9 Å². The van der Waals surface area contributed by atoms with Gasteiger partial charge in [0.15, 0.2) is 0 Å². The zero-order valence-electron chi connectivity index (χ0n) is 22.5. The Morgan fingerprint density at radius 2 is 0.963 bits per heavy atom. The Hall–Kier alpha value is -0.530. The molecule has 0 saturated heterocycles. The van der Waals surface area contributed by atoms with Crippen molar-refractivity contribution in [3.8, 4) is 0 Å². The third kappa shape index (κ3) is 23.4.